The quantitative estimate of drug-likeness (QED) is 0.429. The fourth-order valence-electron chi connectivity index (χ4n) is 5.66. The zero-order chi connectivity index (χ0) is 27.7. The molecule has 11 nitrogen and oxygen atoms in total. The number of hydrogen-bond donors (Lipinski definition) is 2. The standard InChI is InChI=1S/C27H33N5O6S/c1-17-8-22(37-3)9-18(2)26(17)39(35,36)29-11-25-30-23(16-38-25)27(34)32-14-20-6-7-31(13-21(20)15-32)12-19-4-5-24(33)28-10-19/h4-5,8-10,16,20-21,29H,6-7,11-15H2,1-3H3,(H,28,33). The summed E-state index contributed by atoms with van der Waals surface area (Å²) >= 11 is 0. The van der Waals surface area contributed by atoms with Crippen molar-refractivity contribution in [2.45, 2.75) is 38.3 Å². The normalized spacial score (nSPS) is 19.7. The molecule has 208 valence electrons. The van der Waals surface area contributed by atoms with Crippen LogP contribution in [0.1, 0.15) is 39.5 Å². The number of benzene rings is 1. The third-order valence-corrected chi connectivity index (χ3v) is 9.22. The van der Waals surface area contributed by atoms with Crippen LogP contribution in [0.4, 0.5) is 0 Å². The average Bonchev–Trinajstić information content (AvgIpc) is 3.55. The number of nitrogens with one attached hydrogen (secondary N) is 1. The Hall–Kier alpha value is -3.48. The van der Waals surface area contributed by atoms with Gasteiger partial charge in [0.25, 0.3) is 5.91 Å². The number of aromatic hydroxyl groups is 1. The molecule has 12 heteroatoms. The molecule has 0 saturated carbocycles. The number of amides is 1. The van der Waals surface area contributed by atoms with Crippen LogP contribution in [-0.2, 0) is 23.1 Å². The van der Waals surface area contributed by atoms with E-state index in [0.29, 0.717) is 41.8 Å². The first-order valence-electron chi connectivity index (χ1n) is 12.9. The number of ether oxygens (including phenoxy) is 1. The Morgan fingerprint density at radius 3 is 2.62 bits per heavy atom. The van der Waals surface area contributed by atoms with Crippen LogP contribution in [0.5, 0.6) is 11.6 Å². The number of sulfonamides is 1. The van der Waals surface area contributed by atoms with Gasteiger partial charge in [0.1, 0.15) is 12.0 Å². The maximum absolute atomic E-state index is 13.2. The summed E-state index contributed by atoms with van der Waals surface area (Å²) in [7, 11) is -2.31. The van der Waals surface area contributed by atoms with Gasteiger partial charge in [0.05, 0.1) is 18.6 Å². The summed E-state index contributed by atoms with van der Waals surface area (Å²) in [5, 5.41) is 9.40. The molecule has 3 aromatic rings. The van der Waals surface area contributed by atoms with Gasteiger partial charge in [-0.2, -0.15) is 0 Å². The molecule has 0 aliphatic carbocycles. The highest BCUT2D eigenvalue weighted by Crippen LogP contribution is 2.32. The second-order valence-electron chi connectivity index (χ2n) is 10.3. The van der Waals surface area contributed by atoms with Crippen molar-refractivity contribution >= 4 is 15.9 Å². The first kappa shape index (κ1) is 27.1. The van der Waals surface area contributed by atoms with Gasteiger partial charge in [0, 0.05) is 38.4 Å². The number of aryl methyl sites for hydroxylation is 2. The Morgan fingerprint density at radius 1 is 1.18 bits per heavy atom. The van der Waals surface area contributed by atoms with Gasteiger partial charge < -0.3 is 19.2 Å². The third-order valence-electron chi connectivity index (χ3n) is 7.51. The summed E-state index contributed by atoms with van der Waals surface area (Å²) < 4.78 is 39.2. The van der Waals surface area contributed by atoms with Crippen molar-refractivity contribution in [1.82, 2.24) is 24.5 Å². The molecule has 2 atom stereocenters. The van der Waals surface area contributed by atoms with Gasteiger partial charge in [-0.05, 0) is 67.5 Å². The minimum absolute atomic E-state index is 0.0123. The molecular formula is C27H33N5O6S. The highest BCUT2D eigenvalue weighted by Gasteiger charge is 2.39. The molecule has 39 heavy (non-hydrogen) atoms. The van der Waals surface area contributed by atoms with Crippen molar-refractivity contribution in [2.75, 3.05) is 33.3 Å². The molecule has 2 aromatic heterocycles. The molecule has 1 amide bonds. The van der Waals surface area contributed by atoms with Crippen LogP contribution < -0.4 is 9.46 Å². The number of rotatable bonds is 8. The molecule has 0 bridgehead atoms. The smallest absolute Gasteiger partial charge is 0.275 e. The summed E-state index contributed by atoms with van der Waals surface area (Å²) in [6.45, 7) is 7.13. The Labute approximate surface area is 227 Å². The lowest BCUT2D eigenvalue weighted by atomic mass is 9.88. The number of piperidine rings is 1. The SMILES string of the molecule is COc1cc(C)c(S(=O)(=O)NCc2nc(C(=O)N3CC4CCN(Cc5ccc(O)nc5)CC4C3)co2)c(C)c1. The van der Waals surface area contributed by atoms with Crippen molar-refractivity contribution in [2.24, 2.45) is 11.8 Å². The monoisotopic (exact) mass is 555 g/mol. The lowest BCUT2D eigenvalue weighted by molar-refractivity contribution is 0.0777. The molecule has 2 N–H and O–H groups in total. The molecule has 4 heterocycles. The maximum Gasteiger partial charge on any atom is 0.275 e. The van der Waals surface area contributed by atoms with E-state index in [0.717, 1.165) is 31.6 Å². The molecule has 5 rings (SSSR count). The van der Waals surface area contributed by atoms with Crippen molar-refractivity contribution < 1.29 is 27.5 Å². The number of oxazole rings is 1. The third kappa shape index (κ3) is 5.92. The number of nitrogens with zero attached hydrogens (tertiary/aromatic N) is 4. The molecule has 0 radical (unpaired) electrons. The number of pyridine rings is 1. The van der Waals surface area contributed by atoms with Gasteiger partial charge >= 0.3 is 0 Å². The topological polar surface area (TPSA) is 138 Å². The average molecular weight is 556 g/mol. The Balaban J connectivity index is 1.18. The van der Waals surface area contributed by atoms with Crippen LogP contribution in [-0.4, -0.2) is 72.5 Å². The van der Waals surface area contributed by atoms with Gasteiger partial charge in [-0.3, -0.25) is 9.69 Å². The summed E-state index contributed by atoms with van der Waals surface area (Å²) in [5.41, 5.74) is 2.35. The van der Waals surface area contributed by atoms with E-state index in [4.69, 9.17) is 9.15 Å². The zero-order valence-electron chi connectivity index (χ0n) is 22.3. The van der Waals surface area contributed by atoms with Gasteiger partial charge in [-0.15, -0.1) is 0 Å². The summed E-state index contributed by atoms with van der Waals surface area (Å²) in [5.74, 6) is 1.30. The van der Waals surface area contributed by atoms with Crippen molar-refractivity contribution in [3.05, 3.63) is 65.0 Å². The second-order valence-corrected chi connectivity index (χ2v) is 12.0. The van der Waals surface area contributed by atoms with E-state index in [9.17, 15) is 18.3 Å². The van der Waals surface area contributed by atoms with Gasteiger partial charge in [-0.1, -0.05) is 6.07 Å². The van der Waals surface area contributed by atoms with E-state index < -0.39 is 10.0 Å². The molecule has 2 saturated heterocycles. The lowest BCUT2D eigenvalue weighted by Gasteiger charge is -2.34. The van der Waals surface area contributed by atoms with Crippen LogP contribution in [0.2, 0.25) is 0 Å². The number of aromatic nitrogens is 2. The summed E-state index contributed by atoms with van der Waals surface area (Å²) in [4.78, 5) is 25.8. The number of fused-ring (bicyclic) bond motifs is 1. The van der Waals surface area contributed by atoms with Crippen LogP contribution in [0.25, 0.3) is 0 Å². The van der Waals surface area contributed by atoms with Crippen LogP contribution >= 0.6 is 0 Å². The molecule has 2 aliphatic heterocycles. The Bertz CT molecular complexity index is 1430. The number of carbonyl (C=O) groups is 1. The number of hydrogen-bond acceptors (Lipinski definition) is 9. The van der Waals surface area contributed by atoms with Crippen LogP contribution in [0.15, 0.2) is 46.0 Å². The predicted molar refractivity (Wildman–Crippen MR) is 142 cm³/mol. The Kier molecular flexibility index (Phi) is 7.61. The van der Waals surface area contributed by atoms with Gasteiger partial charge in [0.2, 0.25) is 21.8 Å². The first-order valence-corrected chi connectivity index (χ1v) is 14.4. The lowest BCUT2D eigenvalue weighted by Crippen LogP contribution is -2.39. The molecule has 2 unspecified atom stereocenters. The summed E-state index contributed by atoms with van der Waals surface area (Å²) in [6, 6.07) is 6.80. The molecule has 1 aromatic carbocycles. The van der Waals surface area contributed by atoms with Crippen molar-refractivity contribution in [3.63, 3.8) is 0 Å². The number of likely N-dealkylation sites (tertiary alicyclic amines) is 2. The fourth-order valence-corrected chi connectivity index (χ4v) is 7.08. The van der Waals surface area contributed by atoms with Gasteiger partial charge in [0.15, 0.2) is 5.69 Å². The summed E-state index contributed by atoms with van der Waals surface area (Å²) in [6.07, 6.45) is 3.98. The van der Waals surface area contributed by atoms with Gasteiger partial charge in [-0.25, -0.2) is 23.1 Å². The van der Waals surface area contributed by atoms with E-state index in [2.05, 4.69) is 19.6 Å². The predicted octanol–water partition coefficient (Wildman–Crippen LogP) is 2.47. The maximum atomic E-state index is 13.2. The number of carbonyl (C=O) groups excluding carboxylic acids is 1. The number of methoxy groups -OCH3 is 1. The molecule has 0 spiro atoms. The highest BCUT2D eigenvalue weighted by atomic mass is 32.2. The van der Waals surface area contributed by atoms with Crippen molar-refractivity contribution in [1.29, 1.82) is 0 Å². The van der Waals surface area contributed by atoms with E-state index >= 15 is 0 Å². The van der Waals surface area contributed by atoms with E-state index in [1.54, 1.807) is 38.2 Å². The first-order chi connectivity index (χ1) is 18.6. The largest absolute Gasteiger partial charge is 0.497 e. The zero-order valence-corrected chi connectivity index (χ0v) is 23.1. The molecule has 2 fully saturated rings. The van der Waals surface area contributed by atoms with Crippen LogP contribution in [0.3, 0.4) is 0 Å². The van der Waals surface area contributed by atoms with Crippen molar-refractivity contribution in [3.8, 4) is 11.6 Å². The minimum Gasteiger partial charge on any atom is -0.497 e. The highest BCUT2D eigenvalue weighted by molar-refractivity contribution is 7.89. The molecular weight excluding hydrogens is 522 g/mol. The Morgan fingerprint density at radius 2 is 1.92 bits per heavy atom. The van der Waals surface area contributed by atoms with E-state index in [1.165, 1.54) is 13.4 Å². The van der Waals surface area contributed by atoms with E-state index in [-0.39, 0.29) is 34.8 Å². The second kappa shape index (κ2) is 10.9. The van der Waals surface area contributed by atoms with Crippen LogP contribution in [0, 0.1) is 25.7 Å². The van der Waals surface area contributed by atoms with E-state index in [1.807, 2.05) is 11.0 Å². The minimum atomic E-state index is -3.84. The fraction of sp³-hybridized carbons (Fsp3) is 0.444. The molecule has 2 aliphatic rings.